The van der Waals surface area contributed by atoms with Crippen molar-refractivity contribution in [1.82, 2.24) is 0 Å². The van der Waals surface area contributed by atoms with E-state index in [1.807, 2.05) is 19.1 Å². The summed E-state index contributed by atoms with van der Waals surface area (Å²) in [5, 5.41) is 5.63. The van der Waals surface area contributed by atoms with E-state index >= 15 is 0 Å². The average Bonchev–Trinajstić information content (AvgIpc) is 2.35. The molecule has 2 rings (SSSR count). The number of nitrogens with zero attached hydrogens (tertiary/aromatic N) is 1. The quantitative estimate of drug-likeness (QED) is 0.722. The molecular weight excluding hydrogens is 311 g/mol. The zero-order chi connectivity index (χ0) is 14.9. The van der Waals surface area contributed by atoms with Gasteiger partial charge in [-0.25, -0.2) is 0 Å². The van der Waals surface area contributed by atoms with Gasteiger partial charge in [-0.2, -0.15) is 0 Å². The minimum Gasteiger partial charge on any atom is -0.334 e. The zero-order valence-corrected chi connectivity index (χ0v) is 14.6. The number of nitrogens with one attached hydrogen (secondary N) is 1. The van der Waals surface area contributed by atoms with E-state index in [9.17, 15) is 0 Å². The minimum absolute atomic E-state index is 0.183. The molecule has 5 heteroatoms. The summed E-state index contributed by atoms with van der Waals surface area (Å²) >= 11 is 14.2. The normalized spacial score (nSPS) is 19.7. The second-order valence-corrected chi connectivity index (χ2v) is 8.06. The van der Waals surface area contributed by atoms with Gasteiger partial charge in [0.25, 0.3) is 0 Å². The fraction of sp³-hybridized carbons (Fsp3) is 0.533. The van der Waals surface area contributed by atoms with Crippen molar-refractivity contribution >= 4 is 45.8 Å². The number of aryl methyl sites for hydroxylation is 1. The van der Waals surface area contributed by atoms with Crippen LogP contribution >= 0.6 is 35.0 Å². The van der Waals surface area contributed by atoms with E-state index in [-0.39, 0.29) is 5.41 Å². The number of anilines is 1. The Hall–Kier alpha value is -0.380. The van der Waals surface area contributed by atoms with E-state index < -0.39 is 0 Å². The molecule has 0 amide bonds. The van der Waals surface area contributed by atoms with Crippen LogP contribution < -0.4 is 5.32 Å². The Morgan fingerprint density at radius 2 is 1.95 bits per heavy atom. The Morgan fingerprint density at radius 1 is 1.25 bits per heavy atom. The summed E-state index contributed by atoms with van der Waals surface area (Å²) in [7, 11) is 0. The second-order valence-electron chi connectivity index (χ2n) is 6.16. The third-order valence-electron chi connectivity index (χ3n) is 3.39. The summed E-state index contributed by atoms with van der Waals surface area (Å²) in [6.07, 6.45) is 1.11. The van der Waals surface area contributed by atoms with Crippen LogP contribution in [0.5, 0.6) is 0 Å². The van der Waals surface area contributed by atoms with E-state index in [2.05, 4.69) is 26.1 Å². The first kappa shape index (κ1) is 16.0. The zero-order valence-electron chi connectivity index (χ0n) is 12.3. The third kappa shape index (κ3) is 3.84. The van der Waals surface area contributed by atoms with Crippen LogP contribution in [0.1, 0.15) is 32.8 Å². The number of halogens is 2. The number of thioether (sulfide) groups is 1. The first-order valence-electron chi connectivity index (χ1n) is 6.70. The molecule has 1 aliphatic heterocycles. The molecule has 0 fully saturated rings. The van der Waals surface area contributed by atoms with Gasteiger partial charge in [-0.1, -0.05) is 55.7 Å². The topological polar surface area (TPSA) is 24.4 Å². The fourth-order valence-electron chi connectivity index (χ4n) is 2.06. The molecule has 1 aromatic rings. The molecule has 1 heterocycles. The van der Waals surface area contributed by atoms with Crippen molar-refractivity contribution in [2.75, 3.05) is 11.1 Å². The lowest BCUT2D eigenvalue weighted by atomic mass is 9.85. The molecular formula is C15H20Cl2N2S. The molecule has 0 saturated carbocycles. The highest BCUT2D eigenvalue weighted by Crippen LogP contribution is 2.33. The van der Waals surface area contributed by atoms with Crippen LogP contribution in [0.2, 0.25) is 10.0 Å². The number of benzene rings is 1. The number of hydrogen-bond donors (Lipinski definition) is 1. The Bertz CT molecular complexity index is 535. The maximum Gasteiger partial charge on any atom is 0.161 e. The Balaban J connectivity index is 2.21. The van der Waals surface area contributed by atoms with Crippen molar-refractivity contribution in [3.8, 4) is 0 Å². The maximum atomic E-state index is 6.26. The van der Waals surface area contributed by atoms with Crippen molar-refractivity contribution in [2.24, 2.45) is 10.4 Å². The van der Waals surface area contributed by atoms with Crippen molar-refractivity contribution in [1.29, 1.82) is 0 Å². The van der Waals surface area contributed by atoms with Gasteiger partial charge in [0.15, 0.2) is 5.17 Å². The highest BCUT2D eigenvalue weighted by molar-refractivity contribution is 8.14. The Morgan fingerprint density at radius 3 is 2.60 bits per heavy atom. The molecule has 20 heavy (non-hydrogen) atoms. The predicted octanol–water partition coefficient (Wildman–Crippen LogP) is 5.62. The van der Waals surface area contributed by atoms with Crippen LogP contribution in [0.15, 0.2) is 17.1 Å². The van der Waals surface area contributed by atoms with Gasteiger partial charge in [0.05, 0.1) is 16.8 Å². The first-order valence-corrected chi connectivity index (χ1v) is 8.45. The summed E-state index contributed by atoms with van der Waals surface area (Å²) in [4.78, 5) is 4.81. The number of amidine groups is 1. The molecule has 110 valence electrons. The molecule has 0 radical (unpaired) electrons. The highest BCUT2D eigenvalue weighted by atomic mass is 35.5. The molecule has 0 bridgehead atoms. The summed E-state index contributed by atoms with van der Waals surface area (Å²) in [6.45, 7) is 8.62. The minimum atomic E-state index is 0.183. The smallest absolute Gasteiger partial charge is 0.161 e. The summed E-state index contributed by atoms with van der Waals surface area (Å²) in [5.74, 6) is 1.07. The molecule has 1 N–H and O–H groups in total. The van der Waals surface area contributed by atoms with Crippen molar-refractivity contribution in [3.05, 3.63) is 27.7 Å². The van der Waals surface area contributed by atoms with Gasteiger partial charge in [0.1, 0.15) is 0 Å². The Labute approximate surface area is 135 Å². The highest BCUT2D eigenvalue weighted by Gasteiger charge is 2.27. The lowest BCUT2D eigenvalue weighted by Gasteiger charge is -2.31. The fourth-order valence-corrected chi connectivity index (χ4v) is 3.41. The van der Waals surface area contributed by atoms with Gasteiger partial charge in [0, 0.05) is 10.8 Å². The van der Waals surface area contributed by atoms with Gasteiger partial charge >= 0.3 is 0 Å². The SMILES string of the molecule is Cc1cc(Cl)c(NC2=NC(C(C)(C)C)CCS2)cc1Cl. The van der Waals surface area contributed by atoms with Crippen LogP contribution in [0.4, 0.5) is 5.69 Å². The molecule has 2 nitrogen and oxygen atoms in total. The van der Waals surface area contributed by atoms with Crippen LogP contribution in [-0.4, -0.2) is 17.0 Å². The maximum absolute atomic E-state index is 6.26. The van der Waals surface area contributed by atoms with Gasteiger partial charge in [-0.3, -0.25) is 4.99 Å². The number of aliphatic imine (C=N–C) groups is 1. The van der Waals surface area contributed by atoms with Crippen LogP contribution in [0.25, 0.3) is 0 Å². The molecule has 0 saturated heterocycles. The average molecular weight is 331 g/mol. The van der Waals surface area contributed by atoms with Gasteiger partial charge < -0.3 is 5.32 Å². The monoisotopic (exact) mass is 330 g/mol. The molecule has 0 aromatic heterocycles. The van der Waals surface area contributed by atoms with Crippen LogP contribution in [0.3, 0.4) is 0 Å². The second kappa shape index (κ2) is 6.17. The summed E-state index contributed by atoms with van der Waals surface area (Å²) in [5.41, 5.74) is 1.99. The van der Waals surface area contributed by atoms with Crippen molar-refractivity contribution in [2.45, 2.75) is 40.2 Å². The summed E-state index contributed by atoms with van der Waals surface area (Å²) in [6, 6.07) is 4.08. The van der Waals surface area contributed by atoms with E-state index in [0.717, 1.165) is 28.6 Å². The summed E-state index contributed by atoms with van der Waals surface area (Å²) < 4.78 is 0. The van der Waals surface area contributed by atoms with Gasteiger partial charge in [-0.05, 0) is 36.5 Å². The van der Waals surface area contributed by atoms with E-state index in [1.165, 1.54) is 0 Å². The lowest BCUT2D eigenvalue weighted by Crippen LogP contribution is -2.30. The molecule has 0 spiro atoms. The van der Waals surface area contributed by atoms with Crippen molar-refractivity contribution in [3.63, 3.8) is 0 Å². The number of hydrogen-bond acceptors (Lipinski definition) is 3. The predicted molar refractivity (Wildman–Crippen MR) is 92.6 cm³/mol. The molecule has 1 unspecified atom stereocenters. The van der Waals surface area contributed by atoms with E-state index in [0.29, 0.717) is 16.1 Å². The molecule has 1 aliphatic rings. The third-order valence-corrected chi connectivity index (χ3v) is 5.03. The van der Waals surface area contributed by atoms with Crippen LogP contribution in [-0.2, 0) is 0 Å². The molecule has 0 aliphatic carbocycles. The largest absolute Gasteiger partial charge is 0.334 e. The van der Waals surface area contributed by atoms with Crippen LogP contribution in [0, 0.1) is 12.3 Å². The number of rotatable bonds is 1. The standard InChI is InChI=1S/C15H20Cl2N2S/c1-9-7-11(17)12(8-10(9)16)18-14-19-13(5-6-20-14)15(2,3)4/h7-8,13H,5-6H2,1-4H3,(H,18,19). The van der Waals surface area contributed by atoms with Crippen molar-refractivity contribution < 1.29 is 0 Å². The molecule has 1 atom stereocenters. The van der Waals surface area contributed by atoms with Gasteiger partial charge in [0.2, 0.25) is 0 Å². The van der Waals surface area contributed by atoms with E-state index in [4.69, 9.17) is 28.2 Å². The lowest BCUT2D eigenvalue weighted by molar-refractivity contribution is 0.316. The Kier molecular flexibility index (Phi) is 4.93. The van der Waals surface area contributed by atoms with Gasteiger partial charge in [-0.15, -0.1) is 0 Å². The first-order chi connectivity index (χ1) is 9.27. The van der Waals surface area contributed by atoms with E-state index in [1.54, 1.807) is 11.8 Å². The molecule has 1 aromatic carbocycles.